The molecule has 0 saturated heterocycles. The molecule has 0 radical (unpaired) electrons. The third-order valence-corrected chi connectivity index (χ3v) is 3.55. The van der Waals surface area contributed by atoms with Gasteiger partial charge in [-0.15, -0.1) is 0 Å². The minimum atomic E-state index is -0.689. The van der Waals surface area contributed by atoms with Crippen molar-refractivity contribution in [3.63, 3.8) is 0 Å². The third-order valence-electron chi connectivity index (χ3n) is 3.55. The maximum Gasteiger partial charge on any atom is 0.203 e. The second kappa shape index (κ2) is 5.67. The number of hydrogen-bond acceptors (Lipinski definition) is 5. The van der Waals surface area contributed by atoms with E-state index in [4.69, 9.17) is 19.9 Å². The number of rotatable bonds is 7. The molecule has 1 unspecified atom stereocenters. The summed E-state index contributed by atoms with van der Waals surface area (Å²) in [7, 11) is 3.15. The summed E-state index contributed by atoms with van der Waals surface area (Å²) in [6.07, 6.45) is 2.09. The van der Waals surface area contributed by atoms with E-state index in [1.54, 1.807) is 26.4 Å². The van der Waals surface area contributed by atoms with Crippen molar-refractivity contribution < 1.29 is 19.3 Å². The molecule has 1 atom stereocenters. The Labute approximate surface area is 113 Å². The lowest BCUT2D eigenvalue weighted by atomic mass is 9.97. The number of nitrogens with two attached hydrogens (primary N) is 1. The molecule has 1 saturated carbocycles. The fourth-order valence-corrected chi connectivity index (χ4v) is 2.12. The smallest absolute Gasteiger partial charge is 0.203 e. The van der Waals surface area contributed by atoms with Crippen molar-refractivity contribution >= 4 is 0 Å². The summed E-state index contributed by atoms with van der Waals surface area (Å²) in [6.45, 7) is 0.153. The molecule has 0 spiro atoms. The van der Waals surface area contributed by atoms with E-state index in [-0.39, 0.29) is 13.2 Å². The summed E-state index contributed by atoms with van der Waals surface area (Å²) < 4.78 is 16.3. The van der Waals surface area contributed by atoms with Crippen molar-refractivity contribution in [3.05, 3.63) is 18.2 Å². The van der Waals surface area contributed by atoms with E-state index in [0.717, 1.165) is 12.8 Å². The van der Waals surface area contributed by atoms with Gasteiger partial charge in [0.15, 0.2) is 11.5 Å². The molecular formula is C14H21NO4. The SMILES string of the molecule is COc1cccc(OC)c1OCC(N)(CO)C1CC1. The van der Waals surface area contributed by atoms with Crippen LogP contribution in [-0.4, -0.2) is 38.1 Å². The molecule has 3 N–H and O–H groups in total. The number of benzene rings is 1. The Morgan fingerprint density at radius 2 is 1.84 bits per heavy atom. The molecule has 1 aromatic carbocycles. The molecule has 1 aliphatic carbocycles. The Kier molecular flexibility index (Phi) is 4.17. The molecule has 106 valence electrons. The monoisotopic (exact) mass is 267 g/mol. The summed E-state index contributed by atoms with van der Waals surface area (Å²) in [5.74, 6) is 2.04. The van der Waals surface area contributed by atoms with Crippen LogP contribution in [-0.2, 0) is 0 Å². The highest BCUT2D eigenvalue weighted by atomic mass is 16.5. The highest BCUT2D eigenvalue weighted by molar-refractivity contribution is 5.51. The predicted molar refractivity (Wildman–Crippen MR) is 71.8 cm³/mol. The van der Waals surface area contributed by atoms with Crippen molar-refractivity contribution in [2.24, 2.45) is 11.7 Å². The van der Waals surface area contributed by atoms with Gasteiger partial charge in [-0.05, 0) is 30.9 Å². The van der Waals surface area contributed by atoms with Gasteiger partial charge in [0.25, 0.3) is 0 Å². The van der Waals surface area contributed by atoms with Gasteiger partial charge in [-0.3, -0.25) is 0 Å². The Balaban J connectivity index is 2.13. The first-order valence-electron chi connectivity index (χ1n) is 6.38. The Morgan fingerprint density at radius 3 is 2.26 bits per heavy atom. The van der Waals surface area contributed by atoms with Crippen LogP contribution in [0.25, 0.3) is 0 Å². The quantitative estimate of drug-likeness (QED) is 0.776. The van der Waals surface area contributed by atoms with E-state index in [9.17, 15) is 5.11 Å². The van der Waals surface area contributed by atoms with E-state index in [2.05, 4.69) is 0 Å². The number of methoxy groups -OCH3 is 2. The first-order valence-corrected chi connectivity index (χ1v) is 6.38. The second-order valence-electron chi connectivity index (χ2n) is 4.95. The van der Waals surface area contributed by atoms with Crippen LogP contribution in [0.3, 0.4) is 0 Å². The van der Waals surface area contributed by atoms with E-state index in [0.29, 0.717) is 23.2 Å². The van der Waals surface area contributed by atoms with Crippen LogP contribution in [0.1, 0.15) is 12.8 Å². The summed E-state index contributed by atoms with van der Waals surface area (Å²) in [4.78, 5) is 0. The lowest BCUT2D eigenvalue weighted by Crippen LogP contribution is -2.51. The molecule has 19 heavy (non-hydrogen) atoms. The highest BCUT2D eigenvalue weighted by Crippen LogP contribution is 2.41. The Bertz CT molecular complexity index is 411. The third kappa shape index (κ3) is 2.93. The molecule has 2 rings (SSSR count). The largest absolute Gasteiger partial charge is 0.493 e. The van der Waals surface area contributed by atoms with Crippen molar-refractivity contribution in [1.82, 2.24) is 0 Å². The lowest BCUT2D eigenvalue weighted by molar-refractivity contribution is 0.113. The molecule has 0 aromatic heterocycles. The molecule has 1 aromatic rings. The molecule has 0 bridgehead atoms. The molecule has 1 fully saturated rings. The van der Waals surface area contributed by atoms with Crippen molar-refractivity contribution in [2.45, 2.75) is 18.4 Å². The van der Waals surface area contributed by atoms with Gasteiger partial charge >= 0.3 is 0 Å². The van der Waals surface area contributed by atoms with Crippen LogP contribution in [0.5, 0.6) is 17.2 Å². The normalized spacial score (nSPS) is 17.7. The number of aliphatic hydroxyl groups is 1. The van der Waals surface area contributed by atoms with Gasteiger partial charge in [-0.25, -0.2) is 0 Å². The average molecular weight is 267 g/mol. The maximum absolute atomic E-state index is 9.46. The van der Waals surface area contributed by atoms with E-state index in [1.165, 1.54) is 0 Å². The standard InChI is InChI=1S/C14H21NO4/c1-17-11-4-3-5-12(18-2)13(11)19-9-14(15,8-16)10-6-7-10/h3-5,10,16H,6-9,15H2,1-2H3. The van der Waals surface area contributed by atoms with E-state index >= 15 is 0 Å². The minimum Gasteiger partial charge on any atom is -0.493 e. The minimum absolute atomic E-state index is 0.0882. The van der Waals surface area contributed by atoms with Gasteiger partial charge in [0, 0.05) is 0 Å². The van der Waals surface area contributed by atoms with Crippen LogP contribution in [0, 0.1) is 5.92 Å². The Hall–Kier alpha value is -1.46. The molecule has 0 amide bonds. The fourth-order valence-electron chi connectivity index (χ4n) is 2.12. The topological polar surface area (TPSA) is 73.9 Å². The molecule has 5 heteroatoms. The van der Waals surface area contributed by atoms with Gasteiger partial charge in [-0.1, -0.05) is 6.07 Å². The summed E-state index contributed by atoms with van der Waals surface area (Å²) in [5, 5.41) is 9.46. The van der Waals surface area contributed by atoms with Crippen molar-refractivity contribution in [3.8, 4) is 17.2 Å². The van der Waals surface area contributed by atoms with Gasteiger partial charge in [0.05, 0.1) is 26.4 Å². The van der Waals surface area contributed by atoms with Crippen LogP contribution in [0.15, 0.2) is 18.2 Å². The number of ether oxygens (including phenoxy) is 3. The number of para-hydroxylation sites is 1. The first-order chi connectivity index (χ1) is 9.14. The van der Waals surface area contributed by atoms with Crippen LogP contribution in [0.4, 0.5) is 0 Å². The van der Waals surface area contributed by atoms with Crippen LogP contribution in [0.2, 0.25) is 0 Å². The number of aliphatic hydroxyl groups excluding tert-OH is 1. The zero-order chi connectivity index (χ0) is 13.9. The molecule has 0 heterocycles. The van der Waals surface area contributed by atoms with E-state index in [1.807, 2.05) is 6.07 Å². The zero-order valence-corrected chi connectivity index (χ0v) is 11.4. The maximum atomic E-state index is 9.46. The van der Waals surface area contributed by atoms with Gasteiger partial charge in [0.2, 0.25) is 5.75 Å². The first kappa shape index (κ1) is 14.0. The van der Waals surface area contributed by atoms with Crippen molar-refractivity contribution in [2.75, 3.05) is 27.4 Å². The molecule has 5 nitrogen and oxygen atoms in total. The highest BCUT2D eigenvalue weighted by Gasteiger charge is 2.42. The van der Waals surface area contributed by atoms with Gasteiger partial charge < -0.3 is 25.1 Å². The molecule has 1 aliphatic rings. The van der Waals surface area contributed by atoms with E-state index < -0.39 is 5.54 Å². The van der Waals surface area contributed by atoms with Crippen LogP contribution < -0.4 is 19.9 Å². The molecule has 0 aliphatic heterocycles. The van der Waals surface area contributed by atoms with Crippen LogP contribution >= 0.6 is 0 Å². The Morgan fingerprint density at radius 1 is 1.26 bits per heavy atom. The second-order valence-corrected chi connectivity index (χ2v) is 4.95. The summed E-state index contributed by atoms with van der Waals surface area (Å²) in [5.41, 5.74) is 5.49. The summed E-state index contributed by atoms with van der Waals surface area (Å²) >= 11 is 0. The molecular weight excluding hydrogens is 246 g/mol. The van der Waals surface area contributed by atoms with Gasteiger partial charge in [-0.2, -0.15) is 0 Å². The zero-order valence-electron chi connectivity index (χ0n) is 11.4. The van der Waals surface area contributed by atoms with Crippen molar-refractivity contribution in [1.29, 1.82) is 0 Å². The summed E-state index contributed by atoms with van der Waals surface area (Å²) in [6, 6.07) is 5.42. The fraction of sp³-hybridized carbons (Fsp3) is 0.571. The number of hydrogen-bond donors (Lipinski definition) is 2. The predicted octanol–water partition coefficient (Wildman–Crippen LogP) is 1.18. The van der Waals surface area contributed by atoms with Gasteiger partial charge in [0.1, 0.15) is 6.61 Å². The lowest BCUT2D eigenvalue weighted by Gasteiger charge is -2.27. The average Bonchev–Trinajstić information content (AvgIpc) is 3.29.